The monoisotopic (exact) mass is 509 g/mol. The number of carbonyl (C=O) groups is 1. The average Bonchev–Trinajstić information content (AvgIpc) is 3.30. The van der Waals surface area contributed by atoms with E-state index in [1.54, 1.807) is 6.33 Å². The molecule has 37 heavy (non-hydrogen) atoms. The molecule has 2 aromatic carbocycles. The van der Waals surface area contributed by atoms with Crippen LogP contribution in [0.1, 0.15) is 63.6 Å². The molecule has 1 amide bonds. The Morgan fingerprint density at radius 2 is 2.00 bits per heavy atom. The number of benzene rings is 2. The second kappa shape index (κ2) is 11.5. The fraction of sp³-hybridized carbons (Fsp3) is 0.448. The Morgan fingerprint density at radius 1 is 1.22 bits per heavy atom. The SMILES string of the molecule is CCC[C@@H](N[C@H]1CCc2cc(F)cc(F)c2C1)C(=O)Nc1cn(-c2ccccc2CNC(C)(C)C)cn1. The summed E-state index contributed by atoms with van der Waals surface area (Å²) in [5.41, 5.74) is 3.37. The molecule has 0 fully saturated rings. The number of fused-ring (bicyclic) bond motifs is 1. The lowest BCUT2D eigenvalue weighted by molar-refractivity contribution is -0.118. The Balaban J connectivity index is 1.42. The molecule has 2 atom stereocenters. The second-order valence-corrected chi connectivity index (χ2v) is 10.9. The summed E-state index contributed by atoms with van der Waals surface area (Å²) in [6.07, 6.45) is 6.71. The molecule has 0 bridgehead atoms. The summed E-state index contributed by atoms with van der Waals surface area (Å²) in [5, 5.41) is 9.88. The van der Waals surface area contributed by atoms with Gasteiger partial charge in [0.15, 0.2) is 5.82 Å². The zero-order valence-electron chi connectivity index (χ0n) is 22.1. The van der Waals surface area contributed by atoms with Gasteiger partial charge >= 0.3 is 0 Å². The van der Waals surface area contributed by atoms with Gasteiger partial charge in [-0.1, -0.05) is 31.5 Å². The predicted molar refractivity (Wildman–Crippen MR) is 143 cm³/mol. The summed E-state index contributed by atoms with van der Waals surface area (Å²) in [5.74, 6) is -0.748. The Hall–Kier alpha value is -3.10. The van der Waals surface area contributed by atoms with Gasteiger partial charge in [0.05, 0.1) is 17.9 Å². The van der Waals surface area contributed by atoms with Crippen molar-refractivity contribution >= 4 is 11.7 Å². The molecule has 1 heterocycles. The highest BCUT2D eigenvalue weighted by Gasteiger charge is 2.27. The Bertz CT molecular complexity index is 1230. The summed E-state index contributed by atoms with van der Waals surface area (Å²) in [4.78, 5) is 17.6. The van der Waals surface area contributed by atoms with Crippen LogP contribution in [0.4, 0.5) is 14.6 Å². The number of aryl methyl sites for hydroxylation is 1. The summed E-state index contributed by atoms with van der Waals surface area (Å²) >= 11 is 0. The van der Waals surface area contributed by atoms with Gasteiger partial charge in [0.1, 0.15) is 18.0 Å². The van der Waals surface area contributed by atoms with Crippen molar-refractivity contribution < 1.29 is 13.6 Å². The van der Waals surface area contributed by atoms with Crippen LogP contribution in [-0.4, -0.2) is 33.1 Å². The molecule has 3 N–H and O–H groups in total. The molecule has 198 valence electrons. The summed E-state index contributed by atoms with van der Waals surface area (Å²) in [6, 6.07) is 9.95. The fourth-order valence-electron chi connectivity index (χ4n) is 4.80. The van der Waals surface area contributed by atoms with E-state index in [0.29, 0.717) is 37.2 Å². The first-order valence-electron chi connectivity index (χ1n) is 13.0. The highest BCUT2D eigenvalue weighted by Crippen LogP contribution is 2.26. The van der Waals surface area contributed by atoms with Crippen molar-refractivity contribution in [3.05, 3.63) is 77.2 Å². The highest BCUT2D eigenvalue weighted by molar-refractivity contribution is 5.94. The van der Waals surface area contributed by atoms with Crippen LogP contribution < -0.4 is 16.0 Å². The van der Waals surface area contributed by atoms with Crippen molar-refractivity contribution in [2.75, 3.05) is 5.32 Å². The second-order valence-electron chi connectivity index (χ2n) is 10.9. The van der Waals surface area contributed by atoms with Crippen LogP contribution in [0, 0.1) is 11.6 Å². The van der Waals surface area contributed by atoms with Crippen molar-refractivity contribution in [1.29, 1.82) is 0 Å². The Kier molecular flexibility index (Phi) is 8.39. The minimum Gasteiger partial charge on any atom is -0.308 e. The summed E-state index contributed by atoms with van der Waals surface area (Å²) in [7, 11) is 0. The molecule has 6 nitrogen and oxygen atoms in total. The largest absolute Gasteiger partial charge is 0.308 e. The van der Waals surface area contributed by atoms with E-state index in [0.717, 1.165) is 35.7 Å². The van der Waals surface area contributed by atoms with E-state index < -0.39 is 17.7 Å². The van der Waals surface area contributed by atoms with E-state index in [1.807, 2.05) is 35.9 Å². The maximum absolute atomic E-state index is 14.4. The molecule has 0 saturated carbocycles. The zero-order valence-corrected chi connectivity index (χ0v) is 22.1. The van der Waals surface area contributed by atoms with Crippen molar-refractivity contribution in [3.63, 3.8) is 0 Å². The molecule has 4 rings (SSSR count). The third-order valence-corrected chi connectivity index (χ3v) is 6.71. The Labute approximate surface area is 217 Å². The third kappa shape index (κ3) is 7.02. The quantitative estimate of drug-likeness (QED) is 0.367. The molecule has 0 unspecified atom stereocenters. The van der Waals surface area contributed by atoms with Gasteiger partial charge in [0.25, 0.3) is 0 Å². The van der Waals surface area contributed by atoms with Crippen molar-refractivity contribution in [2.24, 2.45) is 0 Å². The van der Waals surface area contributed by atoms with E-state index in [1.165, 1.54) is 6.07 Å². The predicted octanol–water partition coefficient (Wildman–Crippen LogP) is 5.29. The maximum atomic E-state index is 14.4. The molecule has 3 aromatic rings. The van der Waals surface area contributed by atoms with Crippen LogP contribution in [0.25, 0.3) is 5.69 Å². The minimum atomic E-state index is -0.543. The molecular weight excluding hydrogens is 472 g/mol. The third-order valence-electron chi connectivity index (χ3n) is 6.71. The van der Waals surface area contributed by atoms with Crippen LogP contribution >= 0.6 is 0 Å². The fourth-order valence-corrected chi connectivity index (χ4v) is 4.80. The lowest BCUT2D eigenvalue weighted by atomic mass is 9.87. The van der Waals surface area contributed by atoms with Crippen LogP contribution in [0.2, 0.25) is 0 Å². The standard InChI is InChI=1S/C29H37F2N5O/c1-5-8-25(34-22-12-11-19-13-21(30)14-24(31)23(19)15-22)28(37)35-27-17-36(18-32-27)26-10-7-6-9-20(26)16-33-29(2,3)4/h6-7,9-10,13-14,17-18,22,25,33-34H,5,8,11-12,15-16H2,1-4H3,(H,35,37)/t22-,25+/m0/s1. The normalized spacial score (nSPS) is 16.3. The van der Waals surface area contributed by atoms with E-state index >= 15 is 0 Å². The van der Waals surface area contributed by atoms with Crippen LogP contribution in [0.5, 0.6) is 0 Å². The number of para-hydroxylation sites is 1. The van der Waals surface area contributed by atoms with Gasteiger partial charge in [0.2, 0.25) is 5.91 Å². The number of anilines is 1. The van der Waals surface area contributed by atoms with E-state index in [9.17, 15) is 13.6 Å². The van der Waals surface area contributed by atoms with Crippen molar-refractivity contribution in [2.45, 2.75) is 84.0 Å². The number of hydrogen-bond acceptors (Lipinski definition) is 4. The number of rotatable bonds is 9. The molecule has 0 saturated heterocycles. The Morgan fingerprint density at radius 3 is 2.76 bits per heavy atom. The number of nitrogens with one attached hydrogen (secondary N) is 3. The van der Waals surface area contributed by atoms with E-state index in [2.05, 4.69) is 47.8 Å². The molecule has 1 aliphatic rings. The van der Waals surface area contributed by atoms with Gasteiger partial charge in [-0.15, -0.1) is 0 Å². The number of amides is 1. The van der Waals surface area contributed by atoms with Crippen LogP contribution in [-0.2, 0) is 24.2 Å². The first-order valence-corrected chi connectivity index (χ1v) is 13.0. The number of carbonyl (C=O) groups excluding carboxylic acids is 1. The van der Waals surface area contributed by atoms with Crippen molar-refractivity contribution in [1.82, 2.24) is 20.2 Å². The minimum absolute atomic E-state index is 0.00908. The van der Waals surface area contributed by atoms with Gasteiger partial charge in [-0.3, -0.25) is 4.79 Å². The van der Waals surface area contributed by atoms with Gasteiger partial charge in [-0.05, 0) is 75.3 Å². The number of halogens is 2. The first-order chi connectivity index (χ1) is 17.6. The van der Waals surface area contributed by atoms with Gasteiger partial charge < -0.3 is 20.5 Å². The van der Waals surface area contributed by atoms with Crippen molar-refractivity contribution in [3.8, 4) is 5.69 Å². The van der Waals surface area contributed by atoms with E-state index in [-0.39, 0.29) is 17.5 Å². The molecular formula is C29H37F2N5O. The van der Waals surface area contributed by atoms with Gasteiger partial charge in [-0.25, -0.2) is 13.8 Å². The highest BCUT2D eigenvalue weighted by atomic mass is 19.1. The number of imidazole rings is 1. The molecule has 0 spiro atoms. The van der Waals surface area contributed by atoms with Gasteiger partial charge in [0, 0.05) is 24.2 Å². The average molecular weight is 510 g/mol. The molecule has 1 aliphatic carbocycles. The lowest BCUT2D eigenvalue weighted by Crippen LogP contribution is -2.48. The summed E-state index contributed by atoms with van der Waals surface area (Å²) in [6.45, 7) is 9.12. The molecule has 0 aliphatic heterocycles. The van der Waals surface area contributed by atoms with E-state index in [4.69, 9.17) is 0 Å². The molecule has 1 aromatic heterocycles. The maximum Gasteiger partial charge on any atom is 0.242 e. The molecule has 0 radical (unpaired) electrons. The number of hydrogen-bond donors (Lipinski definition) is 3. The number of aromatic nitrogens is 2. The lowest BCUT2D eigenvalue weighted by Gasteiger charge is -2.29. The molecule has 8 heteroatoms. The number of nitrogens with zero attached hydrogens (tertiary/aromatic N) is 2. The van der Waals surface area contributed by atoms with Gasteiger partial charge in [-0.2, -0.15) is 0 Å². The summed E-state index contributed by atoms with van der Waals surface area (Å²) < 4.78 is 29.8. The first kappa shape index (κ1) is 26.9. The smallest absolute Gasteiger partial charge is 0.242 e. The zero-order chi connectivity index (χ0) is 26.6. The van der Waals surface area contributed by atoms with Crippen LogP contribution in [0.3, 0.4) is 0 Å². The topological polar surface area (TPSA) is 71.0 Å². The van der Waals surface area contributed by atoms with Crippen LogP contribution in [0.15, 0.2) is 48.9 Å².